The Balaban J connectivity index is 1.37. The smallest absolute Gasteiger partial charge is 0.119 e. The number of ether oxygens (including phenoxy) is 1. The quantitative estimate of drug-likeness (QED) is 0.806. The minimum atomic E-state index is 0.761. The monoisotopic (exact) mass is 245 g/mol. The number of nitrogens with zero attached hydrogens (tertiary/aromatic N) is 1. The van der Waals surface area contributed by atoms with Crippen molar-refractivity contribution in [1.82, 2.24) is 4.90 Å². The molecule has 1 heterocycles. The fraction of sp³-hybridized carbons (Fsp3) is 0.625. The maximum Gasteiger partial charge on any atom is 0.119 e. The lowest BCUT2D eigenvalue weighted by molar-refractivity contribution is 0.0290. The van der Waals surface area contributed by atoms with Gasteiger partial charge in [-0.1, -0.05) is 24.6 Å². The van der Waals surface area contributed by atoms with Gasteiger partial charge in [0.2, 0.25) is 0 Å². The molecule has 2 aliphatic rings. The molecule has 0 bridgehead atoms. The molecule has 0 atom stereocenters. The minimum absolute atomic E-state index is 0.761. The van der Waals surface area contributed by atoms with E-state index >= 15 is 0 Å². The zero-order valence-corrected chi connectivity index (χ0v) is 11.1. The Kier molecular flexibility index (Phi) is 3.55. The second kappa shape index (κ2) is 5.31. The van der Waals surface area contributed by atoms with Gasteiger partial charge in [-0.15, -0.1) is 0 Å². The maximum atomic E-state index is 5.76. The Morgan fingerprint density at radius 3 is 2.33 bits per heavy atom. The van der Waals surface area contributed by atoms with Gasteiger partial charge in [-0.3, -0.25) is 4.90 Å². The molecule has 0 radical (unpaired) electrons. The molecular weight excluding hydrogens is 222 g/mol. The fourth-order valence-corrected chi connectivity index (χ4v) is 3.24. The van der Waals surface area contributed by atoms with Crippen molar-refractivity contribution in [2.75, 3.05) is 26.2 Å². The fourth-order valence-electron chi connectivity index (χ4n) is 3.24. The molecule has 1 aliphatic carbocycles. The molecule has 0 N–H and O–H groups in total. The van der Waals surface area contributed by atoms with Gasteiger partial charge in [0.15, 0.2) is 0 Å². The van der Waals surface area contributed by atoms with Crippen molar-refractivity contribution in [2.24, 2.45) is 5.41 Å². The third-order valence-corrected chi connectivity index (χ3v) is 4.75. The highest BCUT2D eigenvalue weighted by Gasteiger charge is 2.39. The minimum Gasteiger partial charge on any atom is -0.492 e. The second-order valence-electron chi connectivity index (χ2n) is 5.86. The Morgan fingerprint density at radius 2 is 1.72 bits per heavy atom. The average molecular weight is 245 g/mol. The van der Waals surface area contributed by atoms with Gasteiger partial charge in [-0.2, -0.15) is 0 Å². The van der Waals surface area contributed by atoms with E-state index in [0.717, 1.165) is 24.3 Å². The van der Waals surface area contributed by atoms with Crippen LogP contribution in [0, 0.1) is 5.41 Å². The van der Waals surface area contributed by atoms with Gasteiger partial charge in [-0.25, -0.2) is 0 Å². The van der Waals surface area contributed by atoms with Crippen LogP contribution in [0.25, 0.3) is 0 Å². The standard InChI is InChI=1S/C16H23NO/c1-2-5-15(6-3-1)18-14-13-17-11-9-16(10-12-17)7-4-8-16/h1-3,5-6H,4,7-14H2. The Morgan fingerprint density at radius 1 is 1.00 bits per heavy atom. The Labute approximate surface area is 110 Å². The van der Waals surface area contributed by atoms with Gasteiger partial charge in [0, 0.05) is 6.54 Å². The van der Waals surface area contributed by atoms with Crippen LogP contribution in [0.3, 0.4) is 0 Å². The predicted octanol–water partition coefficient (Wildman–Crippen LogP) is 3.33. The summed E-state index contributed by atoms with van der Waals surface area (Å²) in [4.78, 5) is 2.56. The van der Waals surface area contributed by atoms with Crippen LogP contribution in [0.5, 0.6) is 5.75 Å². The van der Waals surface area contributed by atoms with Gasteiger partial charge in [0.05, 0.1) is 0 Å². The Hall–Kier alpha value is -1.02. The topological polar surface area (TPSA) is 12.5 Å². The van der Waals surface area contributed by atoms with E-state index in [1.807, 2.05) is 30.3 Å². The van der Waals surface area contributed by atoms with Crippen LogP contribution < -0.4 is 4.74 Å². The molecule has 2 nitrogen and oxygen atoms in total. The summed E-state index contributed by atoms with van der Waals surface area (Å²) in [5.41, 5.74) is 0.761. The first-order valence-electron chi connectivity index (χ1n) is 7.27. The highest BCUT2D eigenvalue weighted by atomic mass is 16.5. The summed E-state index contributed by atoms with van der Waals surface area (Å²) in [6.45, 7) is 4.44. The van der Waals surface area contributed by atoms with Crippen LogP contribution in [-0.2, 0) is 0 Å². The third kappa shape index (κ3) is 2.69. The lowest BCUT2D eigenvalue weighted by atomic mass is 9.63. The van der Waals surface area contributed by atoms with Crippen LogP contribution in [0.2, 0.25) is 0 Å². The van der Waals surface area contributed by atoms with Crippen molar-refractivity contribution in [2.45, 2.75) is 32.1 Å². The molecule has 1 saturated carbocycles. The van der Waals surface area contributed by atoms with Gasteiger partial charge in [0.1, 0.15) is 12.4 Å². The average Bonchev–Trinajstić information content (AvgIpc) is 2.39. The normalized spacial score (nSPS) is 22.7. The first-order valence-corrected chi connectivity index (χ1v) is 7.27. The summed E-state index contributed by atoms with van der Waals surface area (Å²) >= 11 is 0. The van der Waals surface area contributed by atoms with Crippen molar-refractivity contribution in [3.8, 4) is 5.75 Å². The molecular formula is C16H23NO. The molecule has 0 amide bonds. The van der Waals surface area contributed by atoms with Crippen molar-refractivity contribution in [3.05, 3.63) is 30.3 Å². The number of rotatable bonds is 4. The lowest BCUT2D eigenvalue weighted by Gasteiger charge is -2.48. The van der Waals surface area contributed by atoms with Crippen LogP contribution in [0.1, 0.15) is 32.1 Å². The summed E-state index contributed by atoms with van der Waals surface area (Å²) in [6.07, 6.45) is 7.27. The van der Waals surface area contributed by atoms with Crippen molar-refractivity contribution >= 4 is 0 Å². The van der Waals surface area contributed by atoms with Gasteiger partial charge < -0.3 is 4.74 Å². The lowest BCUT2D eigenvalue weighted by Crippen LogP contribution is -2.44. The molecule has 1 spiro atoms. The summed E-state index contributed by atoms with van der Waals surface area (Å²) in [6, 6.07) is 10.1. The maximum absolute atomic E-state index is 5.76. The summed E-state index contributed by atoms with van der Waals surface area (Å²) in [5.74, 6) is 0.991. The summed E-state index contributed by atoms with van der Waals surface area (Å²) < 4.78 is 5.76. The summed E-state index contributed by atoms with van der Waals surface area (Å²) in [7, 11) is 0. The molecule has 18 heavy (non-hydrogen) atoms. The summed E-state index contributed by atoms with van der Waals surface area (Å²) in [5, 5.41) is 0. The number of benzene rings is 1. The Bertz CT molecular complexity index is 362. The molecule has 0 aromatic heterocycles. The number of piperidine rings is 1. The van der Waals surface area contributed by atoms with Crippen molar-refractivity contribution in [3.63, 3.8) is 0 Å². The van der Waals surface area contributed by atoms with E-state index in [1.54, 1.807) is 0 Å². The SMILES string of the molecule is c1ccc(OCCN2CCC3(CCC3)CC2)cc1. The van der Waals surface area contributed by atoms with Crippen LogP contribution in [0.4, 0.5) is 0 Å². The van der Waals surface area contributed by atoms with Gasteiger partial charge in [-0.05, 0) is 56.3 Å². The largest absolute Gasteiger partial charge is 0.492 e. The molecule has 1 aromatic carbocycles. The number of hydrogen-bond acceptors (Lipinski definition) is 2. The van der Waals surface area contributed by atoms with Crippen LogP contribution in [-0.4, -0.2) is 31.1 Å². The first kappa shape index (κ1) is 12.0. The van der Waals surface area contributed by atoms with E-state index in [4.69, 9.17) is 4.74 Å². The van der Waals surface area contributed by atoms with E-state index in [0.29, 0.717) is 0 Å². The van der Waals surface area contributed by atoms with Crippen LogP contribution in [0.15, 0.2) is 30.3 Å². The zero-order chi connectivity index (χ0) is 12.3. The van der Waals surface area contributed by atoms with Gasteiger partial charge in [0.25, 0.3) is 0 Å². The van der Waals surface area contributed by atoms with E-state index in [9.17, 15) is 0 Å². The molecule has 1 aliphatic heterocycles. The zero-order valence-electron chi connectivity index (χ0n) is 11.1. The molecule has 1 saturated heterocycles. The van der Waals surface area contributed by atoms with Crippen LogP contribution >= 0.6 is 0 Å². The first-order chi connectivity index (χ1) is 8.86. The van der Waals surface area contributed by atoms with Gasteiger partial charge >= 0.3 is 0 Å². The molecule has 0 unspecified atom stereocenters. The van der Waals surface area contributed by atoms with E-state index < -0.39 is 0 Å². The molecule has 2 heteroatoms. The molecule has 1 aromatic rings. The highest BCUT2D eigenvalue weighted by molar-refractivity contribution is 5.20. The number of hydrogen-bond donors (Lipinski definition) is 0. The third-order valence-electron chi connectivity index (χ3n) is 4.75. The number of likely N-dealkylation sites (tertiary alicyclic amines) is 1. The van der Waals surface area contributed by atoms with Crippen molar-refractivity contribution in [1.29, 1.82) is 0 Å². The van der Waals surface area contributed by atoms with Crippen molar-refractivity contribution < 1.29 is 4.74 Å². The molecule has 2 fully saturated rings. The van der Waals surface area contributed by atoms with E-state index in [2.05, 4.69) is 4.90 Å². The highest BCUT2D eigenvalue weighted by Crippen LogP contribution is 2.48. The number of para-hydroxylation sites is 1. The molecule has 3 rings (SSSR count). The second-order valence-corrected chi connectivity index (χ2v) is 5.86. The van der Waals surface area contributed by atoms with E-state index in [1.165, 1.54) is 45.2 Å². The molecule has 98 valence electrons. The predicted molar refractivity (Wildman–Crippen MR) is 73.9 cm³/mol. The van der Waals surface area contributed by atoms with E-state index in [-0.39, 0.29) is 0 Å².